The number of aliphatic hydroxyl groups excluding tert-OH is 2. The fourth-order valence-electron chi connectivity index (χ4n) is 11.1. The number of ether oxygens (including phenoxy) is 1. The number of unbranched alkanes of at least 4 members (excludes halogenated alkanes) is 53. The Labute approximate surface area is 481 Å². The van der Waals surface area contributed by atoms with E-state index in [1.807, 2.05) is 6.08 Å². The Kier molecular flexibility index (Phi) is 65.4. The van der Waals surface area contributed by atoms with Gasteiger partial charge in [0.05, 0.1) is 25.4 Å². The summed E-state index contributed by atoms with van der Waals surface area (Å²) < 4.78 is 5.47. The minimum absolute atomic E-state index is 0.00914. The molecule has 3 N–H and O–H groups in total. The third-order valence-corrected chi connectivity index (χ3v) is 16.5. The lowest BCUT2D eigenvalue weighted by Crippen LogP contribution is -2.45. The average molecular weight is 1080 g/mol. The molecule has 0 aliphatic carbocycles. The van der Waals surface area contributed by atoms with Gasteiger partial charge in [-0.05, 0) is 51.4 Å². The van der Waals surface area contributed by atoms with Gasteiger partial charge in [-0.1, -0.05) is 353 Å². The number of nitrogens with one attached hydrogen (secondary N) is 1. The number of aliphatic hydroxyl groups is 2. The predicted octanol–water partition coefficient (Wildman–Crippen LogP) is 22.5. The first kappa shape index (κ1) is 75.3. The second kappa shape index (κ2) is 66.8. The van der Waals surface area contributed by atoms with Crippen LogP contribution in [0.2, 0.25) is 0 Å². The van der Waals surface area contributed by atoms with Crippen molar-refractivity contribution in [2.24, 2.45) is 0 Å². The van der Waals surface area contributed by atoms with Gasteiger partial charge in [-0.3, -0.25) is 9.59 Å². The molecular weight excluding hydrogens is 947 g/mol. The summed E-state index contributed by atoms with van der Waals surface area (Å²) in [4.78, 5) is 24.5. The first-order chi connectivity index (χ1) is 38.0. The van der Waals surface area contributed by atoms with Crippen LogP contribution in [-0.4, -0.2) is 47.4 Å². The summed E-state index contributed by atoms with van der Waals surface area (Å²) in [7, 11) is 0. The summed E-state index contributed by atoms with van der Waals surface area (Å²) in [6.45, 7) is 4.90. The van der Waals surface area contributed by atoms with E-state index in [2.05, 4.69) is 31.3 Å². The SMILES string of the molecule is CCCC/C=C\CCCCCCCC(=O)OCCCCCCCCCCCCCCCCCCCCCCCCCCCCCCCCC(=O)NC(CO)C(O)/C=C/CCCCCCCCCCCCCCCCCCC. The topological polar surface area (TPSA) is 95.9 Å². The third kappa shape index (κ3) is 63.4. The molecule has 77 heavy (non-hydrogen) atoms. The van der Waals surface area contributed by atoms with Gasteiger partial charge in [0.2, 0.25) is 5.91 Å². The molecule has 0 rings (SSSR count). The smallest absolute Gasteiger partial charge is 0.305 e. The highest BCUT2D eigenvalue weighted by Crippen LogP contribution is 2.19. The van der Waals surface area contributed by atoms with E-state index in [9.17, 15) is 19.8 Å². The maximum Gasteiger partial charge on any atom is 0.305 e. The second-order valence-corrected chi connectivity index (χ2v) is 24.2. The van der Waals surface area contributed by atoms with Crippen LogP contribution in [-0.2, 0) is 14.3 Å². The Morgan fingerprint density at radius 1 is 0.351 bits per heavy atom. The number of allylic oxidation sites excluding steroid dienone is 3. The number of hydrogen-bond acceptors (Lipinski definition) is 5. The summed E-state index contributed by atoms with van der Waals surface area (Å²) in [5.74, 6) is -0.0512. The van der Waals surface area contributed by atoms with E-state index in [1.165, 1.54) is 321 Å². The monoisotopic (exact) mass is 1080 g/mol. The van der Waals surface area contributed by atoms with E-state index in [1.54, 1.807) is 6.08 Å². The lowest BCUT2D eigenvalue weighted by Gasteiger charge is -2.20. The third-order valence-electron chi connectivity index (χ3n) is 16.5. The fraction of sp³-hybridized carbons (Fsp3) is 0.915. The summed E-state index contributed by atoms with van der Waals surface area (Å²) in [6.07, 6.45) is 84.1. The number of carbonyl (C=O) groups is 2. The Hall–Kier alpha value is -1.66. The summed E-state index contributed by atoms with van der Waals surface area (Å²) in [5, 5.41) is 23.2. The number of esters is 1. The van der Waals surface area contributed by atoms with Gasteiger partial charge in [-0.15, -0.1) is 0 Å². The molecule has 0 bridgehead atoms. The Balaban J connectivity index is 3.36. The molecule has 0 aliphatic heterocycles. The zero-order chi connectivity index (χ0) is 55.7. The van der Waals surface area contributed by atoms with E-state index < -0.39 is 12.1 Å². The Morgan fingerprint density at radius 2 is 0.623 bits per heavy atom. The van der Waals surface area contributed by atoms with Crippen molar-refractivity contribution in [1.82, 2.24) is 5.32 Å². The van der Waals surface area contributed by atoms with E-state index in [0.717, 1.165) is 44.9 Å². The van der Waals surface area contributed by atoms with Crippen LogP contribution in [0.15, 0.2) is 24.3 Å². The Bertz CT molecular complexity index is 1200. The summed E-state index contributed by atoms with van der Waals surface area (Å²) in [6, 6.07) is -0.625. The Morgan fingerprint density at radius 3 is 0.961 bits per heavy atom. The molecule has 0 saturated carbocycles. The lowest BCUT2D eigenvalue weighted by molar-refractivity contribution is -0.143. The van der Waals surface area contributed by atoms with Crippen molar-refractivity contribution in [2.75, 3.05) is 13.2 Å². The van der Waals surface area contributed by atoms with Gasteiger partial charge in [-0.25, -0.2) is 0 Å². The molecule has 2 atom stereocenters. The maximum absolute atomic E-state index is 12.5. The van der Waals surface area contributed by atoms with Crippen molar-refractivity contribution in [2.45, 2.75) is 405 Å². The first-order valence-corrected chi connectivity index (χ1v) is 35.1. The van der Waals surface area contributed by atoms with Gasteiger partial charge in [0, 0.05) is 12.8 Å². The van der Waals surface area contributed by atoms with Crippen LogP contribution in [0.5, 0.6) is 0 Å². The van der Waals surface area contributed by atoms with Crippen LogP contribution >= 0.6 is 0 Å². The number of amides is 1. The quantitative estimate of drug-likeness (QED) is 0.0320. The van der Waals surface area contributed by atoms with Crippen molar-refractivity contribution in [3.8, 4) is 0 Å². The molecular formula is C71H137NO5. The molecule has 0 aromatic rings. The molecule has 0 aromatic carbocycles. The van der Waals surface area contributed by atoms with Crippen molar-refractivity contribution < 1.29 is 24.5 Å². The summed E-state index contributed by atoms with van der Waals surface area (Å²) in [5.41, 5.74) is 0. The van der Waals surface area contributed by atoms with Gasteiger partial charge in [0.1, 0.15) is 0 Å². The summed E-state index contributed by atoms with van der Waals surface area (Å²) >= 11 is 0. The minimum Gasteiger partial charge on any atom is -0.466 e. The molecule has 0 aromatic heterocycles. The molecule has 456 valence electrons. The van der Waals surface area contributed by atoms with Crippen LogP contribution < -0.4 is 5.32 Å². The largest absolute Gasteiger partial charge is 0.466 e. The predicted molar refractivity (Wildman–Crippen MR) is 338 cm³/mol. The molecule has 0 fully saturated rings. The highest BCUT2D eigenvalue weighted by atomic mass is 16.5. The molecule has 0 spiro atoms. The van der Waals surface area contributed by atoms with Gasteiger partial charge >= 0.3 is 5.97 Å². The van der Waals surface area contributed by atoms with E-state index >= 15 is 0 Å². The fourth-order valence-corrected chi connectivity index (χ4v) is 11.1. The molecule has 0 saturated heterocycles. The normalized spacial score (nSPS) is 12.6. The molecule has 0 aliphatic rings. The molecule has 2 unspecified atom stereocenters. The molecule has 6 heteroatoms. The average Bonchev–Trinajstić information content (AvgIpc) is 3.43. The van der Waals surface area contributed by atoms with E-state index in [4.69, 9.17) is 4.74 Å². The van der Waals surface area contributed by atoms with Crippen LogP contribution in [0.25, 0.3) is 0 Å². The first-order valence-electron chi connectivity index (χ1n) is 35.1. The zero-order valence-corrected chi connectivity index (χ0v) is 52.2. The van der Waals surface area contributed by atoms with E-state index in [0.29, 0.717) is 19.4 Å². The van der Waals surface area contributed by atoms with Crippen molar-refractivity contribution in [3.63, 3.8) is 0 Å². The van der Waals surface area contributed by atoms with E-state index in [-0.39, 0.29) is 18.5 Å². The zero-order valence-electron chi connectivity index (χ0n) is 52.2. The van der Waals surface area contributed by atoms with Crippen molar-refractivity contribution in [1.29, 1.82) is 0 Å². The van der Waals surface area contributed by atoms with Gasteiger partial charge < -0.3 is 20.3 Å². The van der Waals surface area contributed by atoms with Gasteiger partial charge in [0.25, 0.3) is 0 Å². The van der Waals surface area contributed by atoms with Gasteiger partial charge in [-0.2, -0.15) is 0 Å². The highest BCUT2D eigenvalue weighted by Gasteiger charge is 2.18. The minimum atomic E-state index is -0.842. The second-order valence-electron chi connectivity index (χ2n) is 24.2. The van der Waals surface area contributed by atoms with Crippen LogP contribution in [0.3, 0.4) is 0 Å². The number of hydrogen-bond donors (Lipinski definition) is 3. The highest BCUT2D eigenvalue weighted by molar-refractivity contribution is 5.76. The lowest BCUT2D eigenvalue weighted by atomic mass is 10.0. The van der Waals surface area contributed by atoms with Crippen molar-refractivity contribution in [3.05, 3.63) is 24.3 Å². The molecule has 0 heterocycles. The molecule has 0 radical (unpaired) electrons. The maximum atomic E-state index is 12.5. The molecule has 1 amide bonds. The number of rotatable bonds is 66. The van der Waals surface area contributed by atoms with Crippen LogP contribution in [0, 0.1) is 0 Å². The van der Waals surface area contributed by atoms with Crippen LogP contribution in [0.1, 0.15) is 393 Å². The molecule has 6 nitrogen and oxygen atoms in total. The number of carbonyl (C=O) groups excluding carboxylic acids is 2. The van der Waals surface area contributed by atoms with Gasteiger partial charge in [0.15, 0.2) is 0 Å². The standard InChI is InChI=1S/C71H137NO5/c1-3-5-7-9-11-13-15-16-17-18-31-34-37-40-44-47-51-55-59-63-69(74)68(67-73)72-70(75)64-60-56-52-48-45-41-38-35-32-29-27-25-23-21-19-20-22-24-26-28-30-33-36-39-42-46-50-54-58-62-66-77-71(76)65-61-57-53-49-43-14-12-10-8-6-4-2/h10,12,59,63,68-69,73-74H,3-9,11,13-58,60-62,64-67H2,1-2H3,(H,72,75)/b12-10-,63-59+. The van der Waals surface area contributed by atoms with Crippen molar-refractivity contribution >= 4 is 11.9 Å². The van der Waals surface area contributed by atoms with Crippen LogP contribution in [0.4, 0.5) is 0 Å².